The van der Waals surface area contributed by atoms with Crippen molar-refractivity contribution in [3.8, 4) is 12.3 Å². The van der Waals surface area contributed by atoms with Crippen LogP contribution in [0.4, 0.5) is 0 Å². The summed E-state index contributed by atoms with van der Waals surface area (Å²) < 4.78 is 1.86. The van der Waals surface area contributed by atoms with Gasteiger partial charge in [-0.15, -0.1) is 6.42 Å². The first-order valence-electron chi connectivity index (χ1n) is 5.47. The molecule has 0 aliphatic rings. The number of carbonyl (C=O) groups is 1. The molecule has 0 bridgehead atoms. The van der Waals surface area contributed by atoms with E-state index in [1.54, 1.807) is 4.90 Å². The van der Waals surface area contributed by atoms with Crippen molar-refractivity contribution in [1.82, 2.24) is 14.7 Å². The molecule has 5 nitrogen and oxygen atoms in total. The van der Waals surface area contributed by atoms with Crippen molar-refractivity contribution in [2.75, 3.05) is 13.1 Å². The summed E-state index contributed by atoms with van der Waals surface area (Å²) in [5.41, 5.74) is 1.92. The molecule has 1 aromatic heterocycles. The van der Waals surface area contributed by atoms with Crippen molar-refractivity contribution < 1.29 is 9.90 Å². The molecule has 5 heteroatoms. The van der Waals surface area contributed by atoms with Crippen LogP contribution in [-0.2, 0) is 17.9 Å². The second-order valence-corrected chi connectivity index (χ2v) is 3.84. The zero-order valence-corrected chi connectivity index (χ0v) is 10.2. The fourth-order valence-electron chi connectivity index (χ4n) is 1.72. The summed E-state index contributed by atoms with van der Waals surface area (Å²) in [5.74, 6) is 1.60. The van der Waals surface area contributed by atoms with Crippen molar-refractivity contribution in [2.45, 2.75) is 26.9 Å². The van der Waals surface area contributed by atoms with E-state index in [2.05, 4.69) is 11.0 Å². The third-order valence-corrected chi connectivity index (χ3v) is 2.34. The predicted octanol–water partition coefficient (Wildman–Crippen LogP) is 0.731. The van der Waals surface area contributed by atoms with Crippen LogP contribution in [0, 0.1) is 19.3 Å². The lowest BCUT2D eigenvalue weighted by Gasteiger charge is -2.17. The minimum Gasteiger partial charge on any atom is -0.480 e. The van der Waals surface area contributed by atoms with E-state index in [9.17, 15) is 4.79 Å². The summed E-state index contributed by atoms with van der Waals surface area (Å²) >= 11 is 0. The number of terminal acetylenes is 1. The molecular formula is C12H17N3O2. The third-order valence-electron chi connectivity index (χ3n) is 2.34. The van der Waals surface area contributed by atoms with E-state index in [0.717, 1.165) is 17.9 Å². The zero-order chi connectivity index (χ0) is 12.8. The highest BCUT2D eigenvalue weighted by molar-refractivity contribution is 5.69. The van der Waals surface area contributed by atoms with Crippen LogP contribution < -0.4 is 0 Å². The van der Waals surface area contributed by atoms with Crippen LogP contribution in [-0.4, -0.2) is 38.8 Å². The minimum atomic E-state index is -0.875. The Balaban J connectivity index is 2.77. The van der Waals surface area contributed by atoms with Crippen molar-refractivity contribution in [1.29, 1.82) is 0 Å². The number of hydrogen-bond acceptors (Lipinski definition) is 3. The van der Waals surface area contributed by atoms with Crippen molar-refractivity contribution in [3.63, 3.8) is 0 Å². The van der Waals surface area contributed by atoms with E-state index < -0.39 is 5.97 Å². The lowest BCUT2D eigenvalue weighted by Crippen LogP contribution is -2.30. The first-order valence-corrected chi connectivity index (χ1v) is 5.47. The topological polar surface area (TPSA) is 58.4 Å². The predicted molar refractivity (Wildman–Crippen MR) is 64.4 cm³/mol. The highest BCUT2D eigenvalue weighted by Crippen LogP contribution is 2.07. The zero-order valence-electron chi connectivity index (χ0n) is 10.2. The Hall–Kier alpha value is -1.80. The van der Waals surface area contributed by atoms with Gasteiger partial charge in [-0.2, -0.15) is 5.10 Å². The largest absolute Gasteiger partial charge is 0.480 e. The number of aliphatic carboxylic acids is 1. The van der Waals surface area contributed by atoms with Gasteiger partial charge >= 0.3 is 5.97 Å². The van der Waals surface area contributed by atoms with E-state index in [1.165, 1.54) is 0 Å². The molecule has 1 heterocycles. The Labute approximate surface area is 101 Å². The van der Waals surface area contributed by atoms with Crippen molar-refractivity contribution >= 4 is 5.97 Å². The van der Waals surface area contributed by atoms with Gasteiger partial charge in [-0.1, -0.05) is 5.92 Å². The van der Waals surface area contributed by atoms with Gasteiger partial charge in [0.1, 0.15) is 0 Å². The highest BCUT2D eigenvalue weighted by atomic mass is 16.4. The first-order chi connectivity index (χ1) is 8.06. The number of aromatic nitrogens is 2. The first kappa shape index (κ1) is 13.3. The van der Waals surface area contributed by atoms with Crippen LogP contribution >= 0.6 is 0 Å². The van der Waals surface area contributed by atoms with E-state index in [0.29, 0.717) is 13.1 Å². The van der Waals surface area contributed by atoms with Crippen LogP contribution in [0.2, 0.25) is 0 Å². The Morgan fingerprint density at radius 1 is 1.71 bits per heavy atom. The normalized spacial score (nSPS) is 10.5. The number of carboxylic acid groups (broad SMARTS) is 1. The Kier molecular flexibility index (Phi) is 4.73. The third kappa shape index (κ3) is 3.93. The number of rotatable bonds is 6. The summed E-state index contributed by atoms with van der Waals surface area (Å²) in [4.78, 5) is 12.4. The fourth-order valence-corrected chi connectivity index (χ4v) is 1.72. The Bertz CT molecular complexity index is 431. The average Bonchev–Trinajstić information content (AvgIpc) is 2.58. The summed E-state index contributed by atoms with van der Waals surface area (Å²) in [7, 11) is 0. The van der Waals surface area contributed by atoms with Gasteiger partial charge in [0.2, 0.25) is 0 Å². The molecule has 0 spiro atoms. The molecular weight excluding hydrogens is 218 g/mol. The van der Waals surface area contributed by atoms with E-state index in [1.807, 2.05) is 24.6 Å². The monoisotopic (exact) mass is 235 g/mol. The maximum absolute atomic E-state index is 10.7. The number of aryl methyl sites for hydroxylation is 2. The number of nitrogens with zero attached hydrogens (tertiary/aromatic N) is 3. The van der Waals surface area contributed by atoms with E-state index >= 15 is 0 Å². The SMILES string of the molecule is C#CCN(CC(=O)O)Cc1cc(C)nn1CC. The molecule has 92 valence electrons. The molecule has 0 amide bonds. The van der Waals surface area contributed by atoms with Crippen molar-refractivity contribution in [2.24, 2.45) is 0 Å². The number of hydrogen-bond donors (Lipinski definition) is 1. The van der Waals surface area contributed by atoms with Crippen LogP contribution in [0.1, 0.15) is 18.3 Å². The summed E-state index contributed by atoms with van der Waals surface area (Å²) in [6.45, 7) is 5.45. The van der Waals surface area contributed by atoms with E-state index in [-0.39, 0.29) is 6.54 Å². The van der Waals surface area contributed by atoms with Crippen LogP contribution in [0.25, 0.3) is 0 Å². The molecule has 0 saturated heterocycles. The molecule has 0 aliphatic heterocycles. The van der Waals surface area contributed by atoms with Gasteiger partial charge in [0.15, 0.2) is 0 Å². The van der Waals surface area contributed by atoms with Gasteiger partial charge in [-0.05, 0) is 19.9 Å². The molecule has 17 heavy (non-hydrogen) atoms. The Morgan fingerprint density at radius 3 is 2.94 bits per heavy atom. The molecule has 0 atom stereocenters. The smallest absolute Gasteiger partial charge is 0.317 e. The van der Waals surface area contributed by atoms with E-state index in [4.69, 9.17) is 11.5 Å². The molecule has 0 fully saturated rings. The second kappa shape index (κ2) is 6.06. The number of carboxylic acids is 1. The van der Waals surface area contributed by atoms with Crippen molar-refractivity contribution in [3.05, 3.63) is 17.5 Å². The second-order valence-electron chi connectivity index (χ2n) is 3.84. The van der Waals surface area contributed by atoms with Gasteiger partial charge in [0.05, 0.1) is 24.5 Å². The van der Waals surface area contributed by atoms with Gasteiger partial charge < -0.3 is 5.11 Å². The summed E-state index contributed by atoms with van der Waals surface area (Å²) in [5, 5.41) is 13.1. The lowest BCUT2D eigenvalue weighted by molar-refractivity contribution is -0.138. The highest BCUT2D eigenvalue weighted by Gasteiger charge is 2.12. The fraction of sp³-hybridized carbons (Fsp3) is 0.500. The molecule has 0 radical (unpaired) electrons. The molecule has 1 rings (SSSR count). The van der Waals surface area contributed by atoms with Crippen LogP contribution in [0.15, 0.2) is 6.07 Å². The van der Waals surface area contributed by atoms with Crippen LogP contribution in [0.5, 0.6) is 0 Å². The lowest BCUT2D eigenvalue weighted by atomic mass is 10.3. The van der Waals surface area contributed by atoms with Gasteiger partial charge in [0, 0.05) is 13.1 Å². The standard InChI is InChI=1S/C12H17N3O2/c1-4-6-14(9-12(16)17)8-11-7-10(3)13-15(11)5-2/h1,7H,5-6,8-9H2,2-3H3,(H,16,17). The molecule has 0 unspecified atom stereocenters. The molecule has 1 aromatic rings. The average molecular weight is 235 g/mol. The Morgan fingerprint density at radius 2 is 2.41 bits per heavy atom. The minimum absolute atomic E-state index is 0.0574. The molecule has 0 aromatic carbocycles. The van der Waals surface area contributed by atoms with Gasteiger partial charge in [-0.3, -0.25) is 14.4 Å². The maximum atomic E-state index is 10.7. The van der Waals surface area contributed by atoms with Gasteiger partial charge in [-0.25, -0.2) is 0 Å². The summed E-state index contributed by atoms with van der Waals surface area (Å²) in [6, 6.07) is 1.95. The molecule has 0 aliphatic carbocycles. The summed E-state index contributed by atoms with van der Waals surface area (Å²) in [6.07, 6.45) is 5.23. The quantitative estimate of drug-likeness (QED) is 0.738. The molecule has 0 saturated carbocycles. The van der Waals surface area contributed by atoms with Gasteiger partial charge in [0.25, 0.3) is 0 Å². The molecule has 1 N–H and O–H groups in total. The maximum Gasteiger partial charge on any atom is 0.317 e. The van der Waals surface area contributed by atoms with Crippen LogP contribution in [0.3, 0.4) is 0 Å².